The molecular weight excluding hydrogens is 174 g/mol. The van der Waals surface area contributed by atoms with Gasteiger partial charge in [0, 0.05) is 6.20 Å². The van der Waals surface area contributed by atoms with Gasteiger partial charge < -0.3 is 0 Å². The van der Waals surface area contributed by atoms with E-state index in [1.807, 2.05) is 12.1 Å². The van der Waals surface area contributed by atoms with Gasteiger partial charge in [-0.1, -0.05) is 11.6 Å². The molecule has 0 saturated heterocycles. The van der Waals surface area contributed by atoms with Crippen molar-refractivity contribution in [3.05, 3.63) is 29.3 Å². The third kappa shape index (κ3) is 1.12. The molecule has 12 heavy (non-hydrogen) atoms. The molecule has 0 aliphatic rings. The van der Waals surface area contributed by atoms with E-state index >= 15 is 0 Å². The first-order chi connectivity index (χ1) is 5.77. The van der Waals surface area contributed by atoms with E-state index in [1.54, 1.807) is 13.1 Å². The molecule has 0 atom stereocenters. The number of hydrogen-bond donors (Lipinski definition) is 0. The predicted molar refractivity (Wildman–Crippen MR) is 47.1 cm³/mol. The molecule has 0 spiro atoms. The Hall–Kier alpha value is -1.22. The van der Waals surface area contributed by atoms with Gasteiger partial charge in [0.15, 0.2) is 5.15 Å². The molecule has 0 radical (unpaired) electrons. The first kappa shape index (κ1) is 7.43. The summed E-state index contributed by atoms with van der Waals surface area (Å²) in [6, 6.07) is 3.69. The van der Waals surface area contributed by atoms with Gasteiger partial charge in [0.25, 0.3) is 0 Å². The second kappa shape index (κ2) is 2.68. The fourth-order valence-corrected chi connectivity index (χ4v) is 1.31. The molecule has 2 heterocycles. The molecule has 4 heteroatoms. The summed E-state index contributed by atoms with van der Waals surface area (Å²) in [5, 5.41) is 0.415. The van der Waals surface area contributed by atoms with Crippen LogP contribution in [-0.2, 0) is 0 Å². The van der Waals surface area contributed by atoms with Crippen molar-refractivity contribution in [2.24, 2.45) is 0 Å². The van der Waals surface area contributed by atoms with Crippen LogP contribution in [0.25, 0.3) is 11.0 Å². The number of halogens is 1. The Morgan fingerprint density at radius 2 is 2.17 bits per heavy atom. The summed E-state index contributed by atoms with van der Waals surface area (Å²) in [5.41, 5.74) is 1.44. The fourth-order valence-electron chi connectivity index (χ4n) is 1.04. The number of fused-ring (bicyclic) bond motifs is 1. The Labute approximate surface area is 74.4 Å². The maximum Gasteiger partial charge on any atom is 0.158 e. The largest absolute Gasteiger partial charge is 0.251 e. The van der Waals surface area contributed by atoms with E-state index in [2.05, 4.69) is 15.0 Å². The molecule has 2 rings (SSSR count). The van der Waals surface area contributed by atoms with Crippen LogP contribution in [0.3, 0.4) is 0 Å². The van der Waals surface area contributed by atoms with Crippen molar-refractivity contribution in [1.82, 2.24) is 15.0 Å². The molecule has 60 valence electrons. The zero-order chi connectivity index (χ0) is 8.55. The van der Waals surface area contributed by atoms with Crippen LogP contribution < -0.4 is 0 Å². The van der Waals surface area contributed by atoms with Crippen LogP contribution in [0.2, 0.25) is 5.15 Å². The van der Waals surface area contributed by atoms with E-state index in [4.69, 9.17) is 11.6 Å². The van der Waals surface area contributed by atoms with E-state index in [1.165, 1.54) is 0 Å². The van der Waals surface area contributed by atoms with Gasteiger partial charge in [0.05, 0.1) is 5.52 Å². The van der Waals surface area contributed by atoms with Crippen molar-refractivity contribution < 1.29 is 0 Å². The maximum atomic E-state index is 5.85. The van der Waals surface area contributed by atoms with E-state index in [9.17, 15) is 0 Å². The van der Waals surface area contributed by atoms with Gasteiger partial charge in [-0.05, 0) is 19.1 Å². The molecule has 0 N–H and O–H groups in total. The zero-order valence-electron chi connectivity index (χ0n) is 6.45. The molecule has 2 aromatic rings. The Morgan fingerprint density at radius 3 is 3.00 bits per heavy atom. The molecule has 2 aromatic heterocycles. The SMILES string of the molecule is Cc1nc(Cl)c2ncccc2n1. The topological polar surface area (TPSA) is 38.7 Å². The van der Waals surface area contributed by atoms with Gasteiger partial charge in [0.1, 0.15) is 11.3 Å². The van der Waals surface area contributed by atoms with Crippen LogP contribution in [-0.4, -0.2) is 15.0 Å². The van der Waals surface area contributed by atoms with Crippen LogP contribution in [0.1, 0.15) is 5.82 Å². The number of aryl methyl sites for hydroxylation is 1. The summed E-state index contributed by atoms with van der Waals surface area (Å²) >= 11 is 5.85. The van der Waals surface area contributed by atoms with Crippen molar-refractivity contribution in [2.75, 3.05) is 0 Å². The quantitative estimate of drug-likeness (QED) is 0.581. The van der Waals surface area contributed by atoms with E-state index in [-0.39, 0.29) is 0 Å². The average Bonchev–Trinajstić information content (AvgIpc) is 2.04. The molecular formula is C8H6ClN3. The van der Waals surface area contributed by atoms with Crippen LogP contribution >= 0.6 is 11.6 Å². The van der Waals surface area contributed by atoms with E-state index in [0.29, 0.717) is 16.5 Å². The number of rotatable bonds is 0. The lowest BCUT2D eigenvalue weighted by Crippen LogP contribution is -1.91. The first-order valence-electron chi connectivity index (χ1n) is 3.52. The van der Waals surface area contributed by atoms with Gasteiger partial charge in [-0.25, -0.2) is 9.97 Å². The highest BCUT2D eigenvalue weighted by Gasteiger charge is 2.02. The number of hydrogen-bond acceptors (Lipinski definition) is 3. The molecule has 0 fully saturated rings. The first-order valence-corrected chi connectivity index (χ1v) is 3.90. The Kier molecular flexibility index (Phi) is 1.66. The molecule has 0 amide bonds. The third-order valence-electron chi connectivity index (χ3n) is 1.52. The van der Waals surface area contributed by atoms with Crippen LogP contribution in [0.4, 0.5) is 0 Å². The number of nitrogens with zero attached hydrogens (tertiary/aromatic N) is 3. The van der Waals surface area contributed by atoms with E-state index < -0.39 is 0 Å². The van der Waals surface area contributed by atoms with Gasteiger partial charge in [-0.3, -0.25) is 4.98 Å². The summed E-state index contributed by atoms with van der Waals surface area (Å²) in [6.07, 6.45) is 1.67. The second-order valence-electron chi connectivity index (χ2n) is 2.43. The highest BCUT2D eigenvalue weighted by Crippen LogP contribution is 2.16. The van der Waals surface area contributed by atoms with Crippen molar-refractivity contribution in [1.29, 1.82) is 0 Å². The summed E-state index contributed by atoms with van der Waals surface area (Å²) in [6.45, 7) is 1.80. The van der Waals surface area contributed by atoms with Gasteiger partial charge in [-0.15, -0.1) is 0 Å². The van der Waals surface area contributed by atoms with Crippen molar-refractivity contribution in [3.63, 3.8) is 0 Å². The zero-order valence-corrected chi connectivity index (χ0v) is 7.21. The lowest BCUT2D eigenvalue weighted by molar-refractivity contribution is 1.08. The smallest absolute Gasteiger partial charge is 0.158 e. The number of pyridine rings is 1. The molecule has 0 aliphatic heterocycles. The molecule has 3 nitrogen and oxygen atoms in total. The van der Waals surface area contributed by atoms with Crippen LogP contribution in [0.15, 0.2) is 18.3 Å². The van der Waals surface area contributed by atoms with Crippen molar-refractivity contribution in [3.8, 4) is 0 Å². The van der Waals surface area contributed by atoms with Gasteiger partial charge in [-0.2, -0.15) is 0 Å². The molecule has 0 aliphatic carbocycles. The third-order valence-corrected chi connectivity index (χ3v) is 1.79. The molecule has 0 saturated carbocycles. The minimum atomic E-state index is 0.415. The van der Waals surface area contributed by atoms with Gasteiger partial charge in [0.2, 0.25) is 0 Å². The predicted octanol–water partition coefficient (Wildman–Crippen LogP) is 1.99. The number of aromatic nitrogens is 3. The standard InChI is InChI=1S/C8H6ClN3/c1-5-11-6-3-2-4-10-7(6)8(9)12-5/h2-4H,1H3. The highest BCUT2D eigenvalue weighted by atomic mass is 35.5. The average molecular weight is 180 g/mol. The van der Waals surface area contributed by atoms with Crippen LogP contribution in [0, 0.1) is 6.92 Å². The van der Waals surface area contributed by atoms with E-state index in [0.717, 1.165) is 5.52 Å². The maximum absolute atomic E-state index is 5.85. The Morgan fingerprint density at radius 1 is 1.33 bits per heavy atom. The Bertz CT molecular complexity index is 428. The fraction of sp³-hybridized carbons (Fsp3) is 0.125. The normalized spacial score (nSPS) is 10.5. The summed E-state index contributed by atoms with van der Waals surface area (Å²) < 4.78 is 0. The highest BCUT2D eigenvalue weighted by molar-refractivity contribution is 6.33. The molecule has 0 bridgehead atoms. The second-order valence-corrected chi connectivity index (χ2v) is 2.79. The lowest BCUT2D eigenvalue weighted by Gasteiger charge is -1.98. The molecule has 0 aromatic carbocycles. The lowest BCUT2D eigenvalue weighted by atomic mass is 10.4. The Balaban J connectivity index is 2.89. The summed E-state index contributed by atoms with van der Waals surface area (Å²) in [7, 11) is 0. The minimum absolute atomic E-state index is 0.415. The van der Waals surface area contributed by atoms with Crippen LogP contribution in [0.5, 0.6) is 0 Å². The summed E-state index contributed by atoms with van der Waals surface area (Å²) in [5.74, 6) is 0.667. The molecule has 0 unspecified atom stereocenters. The monoisotopic (exact) mass is 179 g/mol. The minimum Gasteiger partial charge on any atom is -0.251 e. The van der Waals surface area contributed by atoms with Crippen molar-refractivity contribution in [2.45, 2.75) is 6.92 Å². The van der Waals surface area contributed by atoms with Crippen molar-refractivity contribution >= 4 is 22.6 Å². The summed E-state index contributed by atoms with van der Waals surface area (Å²) in [4.78, 5) is 12.2. The van der Waals surface area contributed by atoms with Gasteiger partial charge >= 0.3 is 0 Å².